The van der Waals surface area contributed by atoms with Crippen molar-refractivity contribution in [2.45, 2.75) is 30.5 Å². The van der Waals surface area contributed by atoms with Gasteiger partial charge >= 0.3 is 0 Å². The van der Waals surface area contributed by atoms with Crippen LogP contribution in [0, 0.1) is 0 Å². The molecule has 1 saturated heterocycles. The van der Waals surface area contributed by atoms with Gasteiger partial charge in [-0.2, -0.15) is 0 Å². The lowest BCUT2D eigenvalue weighted by Crippen LogP contribution is -2.33. The van der Waals surface area contributed by atoms with Gasteiger partial charge in [-0.1, -0.05) is 17.3 Å². The molecule has 3 unspecified atom stereocenters. The average molecular weight is 398 g/mol. The first-order chi connectivity index (χ1) is 13.5. The number of benzene rings is 2. The Morgan fingerprint density at radius 3 is 2.57 bits per heavy atom. The number of thioether (sulfide) groups is 1. The van der Waals surface area contributed by atoms with E-state index in [9.17, 15) is 4.79 Å². The lowest BCUT2D eigenvalue weighted by Gasteiger charge is -2.32. The zero-order valence-corrected chi connectivity index (χ0v) is 17.0. The Hall–Kier alpha value is -2.74. The van der Waals surface area contributed by atoms with Crippen molar-refractivity contribution in [1.82, 2.24) is 20.3 Å². The third-order valence-electron chi connectivity index (χ3n) is 5.15. The van der Waals surface area contributed by atoms with Crippen molar-refractivity contribution in [1.29, 1.82) is 0 Å². The molecule has 0 aliphatic carbocycles. The van der Waals surface area contributed by atoms with E-state index in [1.54, 1.807) is 26.0 Å². The summed E-state index contributed by atoms with van der Waals surface area (Å²) < 4.78 is 11.2. The van der Waals surface area contributed by atoms with Gasteiger partial charge < -0.3 is 14.4 Å². The molecule has 0 radical (unpaired) electrons. The van der Waals surface area contributed by atoms with Gasteiger partial charge in [0.1, 0.15) is 22.4 Å². The molecule has 146 valence electrons. The number of carbonyl (C=O) groups is 1. The first-order valence-corrected chi connectivity index (χ1v) is 9.98. The molecule has 0 spiro atoms. The van der Waals surface area contributed by atoms with Gasteiger partial charge in [-0.3, -0.25) is 9.89 Å². The highest BCUT2D eigenvalue weighted by Gasteiger charge is 2.43. The number of hydrogen-bond donors (Lipinski definition) is 1. The van der Waals surface area contributed by atoms with Crippen molar-refractivity contribution < 1.29 is 14.3 Å². The van der Waals surface area contributed by atoms with E-state index in [0.717, 1.165) is 22.2 Å². The maximum absolute atomic E-state index is 13.1. The fraction of sp³-hybridized carbons (Fsp3) is 0.350. The Bertz CT molecular complexity index is 999. The summed E-state index contributed by atoms with van der Waals surface area (Å²) in [4.78, 5) is 15.0. The van der Waals surface area contributed by atoms with E-state index in [0.29, 0.717) is 11.5 Å². The first kappa shape index (κ1) is 18.6. The summed E-state index contributed by atoms with van der Waals surface area (Å²) in [5.74, 6) is 1.52. The largest absolute Gasteiger partial charge is 0.496 e. The summed E-state index contributed by atoms with van der Waals surface area (Å²) >= 11 is 1.60. The van der Waals surface area contributed by atoms with Crippen LogP contribution in [0.5, 0.6) is 11.5 Å². The molecular formula is C20H22N4O3S. The van der Waals surface area contributed by atoms with Crippen LogP contribution in [0.4, 0.5) is 0 Å². The molecule has 28 heavy (non-hydrogen) atoms. The second kappa shape index (κ2) is 7.35. The molecule has 1 aliphatic heterocycles. The predicted molar refractivity (Wildman–Crippen MR) is 108 cm³/mol. The maximum atomic E-state index is 13.1. The molecule has 1 amide bonds. The number of ether oxygens (including phenoxy) is 2. The molecule has 2 aromatic carbocycles. The molecule has 1 fully saturated rings. The summed E-state index contributed by atoms with van der Waals surface area (Å²) in [7, 11) is 3.27. The summed E-state index contributed by atoms with van der Waals surface area (Å²) in [6, 6.07) is 11.5. The van der Waals surface area contributed by atoms with Crippen LogP contribution in [0.2, 0.25) is 0 Å². The number of amides is 1. The van der Waals surface area contributed by atoms with Crippen molar-refractivity contribution in [3.63, 3.8) is 0 Å². The normalized spacial score (nSPS) is 20.6. The molecule has 3 atom stereocenters. The minimum atomic E-state index is -0.211. The first-order valence-electron chi connectivity index (χ1n) is 9.04. The number of aromatic nitrogens is 3. The maximum Gasteiger partial charge on any atom is 0.237 e. The van der Waals surface area contributed by atoms with Crippen LogP contribution < -0.4 is 9.47 Å². The van der Waals surface area contributed by atoms with Gasteiger partial charge in [0.25, 0.3) is 0 Å². The third kappa shape index (κ3) is 2.97. The van der Waals surface area contributed by atoms with E-state index in [2.05, 4.69) is 15.4 Å². The number of nitrogens with one attached hydrogen (secondary N) is 1. The van der Waals surface area contributed by atoms with E-state index in [1.165, 1.54) is 0 Å². The Morgan fingerprint density at radius 1 is 1.18 bits per heavy atom. The minimum absolute atomic E-state index is 0.0932. The average Bonchev–Trinajstić information content (AvgIpc) is 3.30. The lowest BCUT2D eigenvalue weighted by atomic mass is 10.0. The van der Waals surface area contributed by atoms with Gasteiger partial charge in [-0.05, 0) is 43.7 Å². The quantitative estimate of drug-likeness (QED) is 0.706. The lowest BCUT2D eigenvalue weighted by molar-refractivity contribution is -0.132. The van der Waals surface area contributed by atoms with Gasteiger partial charge in [0.15, 0.2) is 0 Å². The number of rotatable bonds is 5. The van der Waals surface area contributed by atoms with Crippen molar-refractivity contribution in [3.05, 3.63) is 47.5 Å². The van der Waals surface area contributed by atoms with Crippen LogP contribution in [0.25, 0.3) is 11.0 Å². The van der Waals surface area contributed by atoms with Gasteiger partial charge in [-0.15, -0.1) is 16.9 Å². The second-order valence-corrected chi connectivity index (χ2v) is 8.14. The van der Waals surface area contributed by atoms with Crippen molar-refractivity contribution >= 4 is 28.7 Å². The molecule has 8 heteroatoms. The highest BCUT2D eigenvalue weighted by atomic mass is 32.2. The zero-order valence-electron chi connectivity index (χ0n) is 16.2. The molecular weight excluding hydrogens is 376 g/mol. The second-order valence-electron chi connectivity index (χ2n) is 6.72. The van der Waals surface area contributed by atoms with Gasteiger partial charge in [-0.25, -0.2) is 0 Å². The third-order valence-corrected chi connectivity index (χ3v) is 6.48. The number of methoxy groups -OCH3 is 2. The topological polar surface area (TPSA) is 80.3 Å². The molecule has 7 nitrogen and oxygen atoms in total. The van der Waals surface area contributed by atoms with Crippen LogP contribution in [-0.2, 0) is 4.79 Å². The molecule has 0 saturated carbocycles. The monoisotopic (exact) mass is 398 g/mol. The van der Waals surface area contributed by atoms with Crippen molar-refractivity contribution in [3.8, 4) is 11.5 Å². The Labute approximate surface area is 167 Å². The van der Waals surface area contributed by atoms with Crippen LogP contribution in [0.15, 0.2) is 36.4 Å². The van der Waals surface area contributed by atoms with E-state index >= 15 is 0 Å². The Kier molecular flexibility index (Phi) is 4.89. The number of fused-ring (bicyclic) bond motifs is 1. The molecule has 1 N–H and O–H groups in total. The number of hydrogen-bond acceptors (Lipinski definition) is 6. The standard InChI is InChI=1S/C20H22N4O3S/c1-11(13-8-9-14-15(10-13)22-23-21-14)24-19(25)12(2)28-20(24)18-16(26-3)6-5-7-17(18)27-4/h5-12,20H,1-4H3,(H,21,22,23). The summed E-state index contributed by atoms with van der Waals surface area (Å²) in [6.45, 7) is 3.97. The van der Waals surface area contributed by atoms with E-state index in [-0.39, 0.29) is 22.6 Å². The Morgan fingerprint density at radius 2 is 1.89 bits per heavy atom. The van der Waals surface area contributed by atoms with E-state index in [1.807, 2.05) is 55.1 Å². The molecule has 3 aromatic rings. The Balaban J connectivity index is 1.79. The van der Waals surface area contributed by atoms with Crippen LogP contribution in [-0.4, -0.2) is 45.7 Å². The number of H-pyrrole nitrogens is 1. The van der Waals surface area contributed by atoms with Crippen LogP contribution >= 0.6 is 11.8 Å². The molecule has 1 aliphatic rings. The summed E-state index contributed by atoms with van der Waals surface area (Å²) in [5.41, 5.74) is 3.53. The van der Waals surface area contributed by atoms with Crippen molar-refractivity contribution in [2.24, 2.45) is 0 Å². The fourth-order valence-electron chi connectivity index (χ4n) is 3.65. The summed E-state index contributed by atoms with van der Waals surface area (Å²) in [5, 5.41) is 10.4. The summed E-state index contributed by atoms with van der Waals surface area (Å²) in [6.07, 6.45) is 0. The minimum Gasteiger partial charge on any atom is -0.496 e. The highest BCUT2D eigenvalue weighted by molar-refractivity contribution is 8.01. The van der Waals surface area contributed by atoms with Gasteiger partial charge in [0, 0.05) is 0 Å². The molecule has 0 bridgehead atoms. The van der Waals surface area contributed by atoms with E-state index < -0.39 is 0 Å². The van der Waals surface area contributed by atoms with Crippen molar-refractivity contribution in [2.75, 3.05) is 14.2 Å². The van der Waals surface area contributed by atoms with Crippen LogP contribution in [0.1, 0.15) is 36.4 Å². The molecule has 1 aromatic heterocycles. The van der Waals surface area contributed by atoms with Gasteiger partial charge in [0.2, 0.25) is 5.91 Å². The zero-order chi connectivity index (χ0) is 19.8. The highest BCUT2D eigenvalue weighted by Crippen LogP contribution is 2.52. The molecule has 4 rings (SSSR count). The fourth-order valence-corrected chi connectivity index (χ4v) is 5.06. The number of nitrogens with zero attached hydrogens (tertiary/aromatic N) is 3. The van der Waals surface area contributed by atoms with Gasteiger partial charge in [0.05, 0.1) is 36.6 Å². The predicted octanol–water partition coefficient (Wildman–Crippen LogP) is 3.70. The number of aromatic amines is 1. The smallest absolute Gasteiger partial charge is 0.237 e. The number of carbonyl (C=O) groups excluding carboxylic acids is 1. The van der Waals surface area contributed by atoms with Crippen LogP contribution in [0.3, 0.4) is 0 Å². The van der Waals surface area contributed by atoms with E-state index in [4.69, 9.17) is 9.47 Å². The molecule has 2 heterocycles. The SMILES string of the molecule is COc1cccc(OC)c1C1SC(C)C(=O)N1C(C)c1ccc2[nH]nnc2c1.